The number of nitrogens with zero attached hydrogens (tertiary/aromatic N) is 2. The van der Waals surface area contributed by atoms with Gasteiger partial charge in [0.25, 0.3) is 5.91 Å². The minimum atomic E-state index is -2.66. The molecule has 3 atom stereocenters. The molecular formula is C18H16ClF2N3O3. The summed E-state index contributed by atoms with van der Waals surface area (Å²) < 4.78 is 31.5. The zero-order chi connectivity index (χ0) is 19.1. The van der Waals surface area contributed by atoms with Crippen molar-refractivity contribution in [2.45, 2.75) is 24.8 Å². The van der Waals surface area contributed by atoms with Gasteiger partial charge in [0, 0.05) is 24.2 Å². The molecule has 0 bridgehead atoms. The first-order valence-electron chi connectivity index (χ1n) is 8.51. The van der Waals surface area contributed by atoms with E-state index in [1.807, 2.05) is 6.07 Å². The van der Waals surface area contributed by atoms with Crippen LogP contribution in [0.15, 0.2) is 35.1 Å². The lowest BCUT2D eigenvalue weighted by Gasteiger charge is -2.33. The Labute approximate surface area is 158 Å². The lowest BCUT2D eigenvalue weighted by atomic mass is 9.77. The van der Waals surface area contributed by atoms with Crippen LogP contribution in [0.2, 0.25) is 5.02 Å². The van der Waals surface area contributed by atoms with Crippen molar-refractivity contribution >= 4 is 23.4 Å². The molecule has 2 amide bonds. The minimum absolute atomic E-state index is 0.00959. The molecule has 1 unspecified atom stereocenters. The highest BCUT2D eigenvalue weighted by atomic mass is 35.5. The molecule has 1 aromatic carbocycles. The number of alkyl halides is 2. The Kier molecular flexibility index (Phi) is 4.59. The van der Waals surface area contributed by atoms with E-state index in [9.17, 15) is 18.4 Å². The Hall–Kier alpha value is -2.48. The third kappa shape index (κ3) is 3.18. The number of carbonyl (C=O) groups is 2. The topological polar surface area (TPSA) is 75.4 Å². The monoisotopic (exact) mass is 395 g/mol. The van der Waals surface area contributed by atoms with E-state index in [1.54, 1.807) is 12.1 Å². The van der Waals surface area contributed by atoms with Crippen LogP contribution in [0.4, 0.5) is 8.78 Å². The SMILES string of the molecule is O=C(N[C@@H]1CN(C(=O)C2Cc3c(Cl)cccc32)C[C@H]1C(F)F)c1ccon1. The number of fused-ring (bicyclic) bond motifs is 1. The second-order valence-electron chi connectivity index (χ2n) is 6.77. The van der Waals surface area contributed by atoms with Crippen molar-refractivity contribution in [2.24, 2.45) is 5.92 Å². The summed E-state index contributed by atoms with van der Waals surface area (Å²) in [6.45, 7) is -0.0729. The van der Waals surface area contributed by atoms with Crippen molar-refractivity contribution < 1.29 is 22.9 Å². The van der Waals surface area contributed by atoms with Gasteiger partial charge in [0.15, 0.2) is 5.69 Å². The normalized spacial score (nSPS) is 23.9. The molecule has 1 aliphatic carbocycles. The van der Waals surface area contributed by atoms with Gasteiger partial charge in [0.1, 0.15) is 6.26 Å². The largest absolute Gasteiger partial charge is 0.364 e. The van der Waals surface area contributed by atoms with E-state index in [1.165, 1.54) is 17.2 Å². The van der Waals surface area contributed by atoms with Crippen LogP contribution in [-0.4, -0.2) is 47.4 Å². The van der Waals surface area contributed by atoms with Gasteiger partial charge in [-0.15, -0.1) is 0 Å². The third-order valence-electron chi connectivity index (χ3n) is 5.22. The molecule has 1 aliphatic heterocycles. The van der Waals surface area contributed by atoms with E-state index in [0.717, 1.165) is 11.1 Å². The fourth-order valence-corrected chi connectivity index (χ4v) is 3.99. The zero-order valence-corrected chi connectivity index (χ0v) is 14.8. The molecule has 1 saturated heterocycles. The molecule has 1 fully saturated rings. The van der Waals surface area contributed by atoms with E-state index >= 15 is 0 Å². The summed E-state index contributed by atoms with van der Waals surface area (Å²) in [6, 6.07) is 5.86. The molecule has 6 nitrogen and oxygen atoms in total. The van der Waals surface area contributed by atoms with Crippen LogP contribution in [0.1, 0.15) is 27.5 Å². The van der Waals surface area contributed by atoms with Gasteiger partial charge >= 0.3 is 0 Å². The minimum Gasteiger partial charge on any atom is -0.364 e. The summed E-state index contributed by atoms with van der Waals surface area (Å²) in [4.78, 5) is 26.3. The van der Waals surface area contributed by atoms with Gasteiger partial charge in [-0.2, -0.15) is 0 Å². The first kappa shape index (κ1) is 17.9. The Balaban J connectivity index is 1.47. The van der Waals surface area contributed by atoms with Crippen LogP contribution in [-0.2, 0) is 11.2 Å². The van der Waals surface area contributed by atoms with E-state index in [0.29, 0.717) is 11.4 Å². The Morgan fingerprint density at radius 1 is 1.30 bits per heavy atom. The highest BCUT2D eigenvalue weighted by molar-refractivity contribution is 6.31. The number of aromatic nitrogens is 1. The molecule has 9 heteroatoms. The zero-order valence-electron chi connectivity index (χ0n) is 14.1. The fraction of sp³-hybridized carbons (Fsp3) is 0.389. The molecule has 0 radical (unpaired) electrons. The van der Waals surface area contributed by atoms with E-state index in [4.69, 9.17) is 11.6 Å². The number of nitrogens with one attached hydrogen (secondary N) is 1. The first-order chi connectivity index (χ1) is 13.0. The van der Waals surface area contributed by atoms with Crippen LogP contribution in [0, 0.1) is 5.92 Å². The van der Waals surface area contributed by atoms with E-state index in [2.05, 4.69) is 15.0 Å². The highest BCUT2D eigenvalue weighted by Crippen LogP contribution is 2.41. The molecule has 1 aromatic heterocycles. The van der Waals surface area contributed by atoms with Crippen molar-refractivity contribution in [3.05, 3.63) is 52.4 Å². The van der Waals surface area contributed by atoms with Gasteiger partial charge < -0.3 is 14.7 Å². The summed E-state index contributed by atoms with van der Waals surface area (Å²) in [6.07, 6.45) is -0.934. The number of halogens is 3. The molecule has 0 spiro atoms. The van der Waals surface area contributed by atoms with Crippen molar-refractivity contribution in [3.8, 4) is 0 Å². The van der Waals surface area contributed by atoms with Crippen LogP contribution < -0.4 is 5.32 Å². The molecule has 142 valence electrons. The number of hydrogen-bond donors (Lipinski definition) is 1. The summed E-state index contributed by atoms with van der Waals surface area (Å²) in [5.41, 5.74) is 1.78. The second kappa shape index (κ2) is 6.92. The summed E-state index contributed by atoms with van der Waals surface area (Å²) >= 11 is 6.10. The van der Waals surface area contributed by atoms with Gasteiger partial charge in [-0.25, -0.2) is 8.78 Å². The number of benzene rings is 1. The lowest BCUT2D eigenvalue weighted by molar-refractivity contribution is -0.132. The fourth-order valence-electron chi connectivity index (χ4n) is 3.73. The van der Waals surface area contributed by atoms with Crippen LogP contribution in [0.25, 0.3) is 0 Å². The standard InChI is InChI=1S/C18H16ClF2N3O3/c19-13-3-1-2-9-10(13)6-11(9)18(26)24-7-12(16(20)21)15(8-24)22-17(25)14-4-5-27-23-14/h1-5,11-12,15-16H,6-8H2,(H,22,25)/t11?,12-,15-/m1/s1. The number of rotatable bonds is 4. The predicted molar refractivity (Wildman–Crippen MR) is 91.7 cm³/mol. The second-order valence-corrected chi connectivity index (χ2v) is 7.18. The maximum absolute atomic E-state index is 13.5. The van der Waals surface area contributed by atoms with Crippen LogP contribution >= 0.6 is 11.6 Å². The summed E-state index contributed by atoms with van der Waals surface area (Å²) in [7, 11) is 0. The molecule has 27 heavy (non-hydrogen) atoms. The van der Waals surface area contributed by atoms with E-state index < -0.39 is 24.3 Å². The highest BCUT2D eigenvalue weighted by Gasteiger charge is 2.45. The molecule has 2 aliphatic rings. The van der Waals surface area contributed by atoms with Gasteiger partial charge in [-0.1, -0.05) is 28.9 Å². The third-order valence-corrected chi connectivity index (χ3v) is 5.58. The molecular weight excluding hydrogens is 380 g/mol. The van der Waals surface area contributed by atoms with Gasteiger partial charge in [0.2, 0.25) is 12.3 Å². The number of likely N-dealkylation sites (tertiary alicyclic amines) is 1. The summed E-state index contributed by atoms with van der Waals surface area (Å²) in [5.74, 6) is -2.33. The molecule has 1 N–H and O–H groups in total. The Bertz CT molecular complexity index is 875. The lowest BCUT2D eigenvalue weighted by Crippen LogP contribution is -2.43. The van der Waals surface area contributed by atoms with Crippen LogP contribution in [0.3, 0.4) is 0 Å². The Morgan fingerprint density at radius 3 is 2.81 bits per heavy atom. The van der Waals surface area contributed by atoms with Crippen molar-refractivity contribution in [2.75, 3.05) is 13.1 Å². The van der Waals surface area contributed by atoms with Gasteiger partial charge in [0.05, 0.1) is 17.9 Å². The molecule has 4 rings (SSSR count). The number of hydrogen-bond acceptors (Lipinski definition) is 4. The van der Waals surface area contributed by atoms with Crippen molar-refractivity contribution in [1.29, 1.82) is 0 Å². The van der Waals surface area contributed by atoms with E-state index in [-0.39, 0.29) is 30.6 Å². The first-order valence-corrected chi connectivity index (χ1v) is 8.89. The van der Waals surface area contributed by atoms with Crippen molar-refractivity contribution in [1.82, 2.24) is 15.4 Å². The maximum Gasteiger partial charge on any atom is 0.273 e. The van der Waals surface area contributed by atoms with Crippen molar-refractivity contribution in [3.63, 3.8) is 0 Å². The average molecular weight is 396 g/mol. The average Bonchev–Trinajstić information content (AvgIpc) is 3.26. The number of amides is 2. The Morgan fingerprint density at radius 2 is 2.11 bits per heavy atom. The smallest absolute Gasteiger partial charge is 0.273 e. The maximum atomic E-state index is 13.5. The molecule has 0 saturated carbocycles. The van der Waals surface area contributed by atoms with Gasteiger partial charge in [-0.3, -0.25) is 9.59 Å². The quantitative estimate of drug-likeness (QED) is 0.863. The number of carbonyl (C=O) groups excluding carboxylic acids is 2. The predicted octanol–water partition coefficient (Wildman–Crippen LogP) is 2.49. The van der Waals surface area contributed by atoms with Gasteiger partial charge in [-0.05, 0) is 23.6 Å². The molecule has 2 heterocycles. The summed E-state index contributed by atoms with van der Waals surface area (Å²) in [5, 5.41) is 6.66. The van der Waals surface area contributed by atoms with Crippen LogP contribution in [0.5, 0.6) is 0 Å². The molecule has 2 aromatic rings.